The lowest BCUT2D eigenvalue weighted by molar-refractivity contribution is 0.0835. The average Bonchev–Trinajstić information content (AvgIpc) is 2.30. The van der Waals surface area contributed by atoms with Gasteiger partial charge in [-0.3, -0.25) is 9.78 Å². The zero-order chi connectivity index (χ0) is 11.6. The summed E-state index contributed by atoms with van der Waals surface area (Å²) in [5.41, 5.74) is 6.36. The molecule has 1 unspecified atom stereocenters. The highest BCUT2D eigenvalue weighted by Gasteiger charge is 2.35. The Morgan fingerprint density at radius 3 is 3.00 bits per heavy atom. The van der Waals surface area contributed by atoms with Crippen LogP contribution in [-0.4, -0.2) is 22.9 Å². The van der Waals surface area contributed by atoms with Crippen LogP contribution in [0.15, 0.2) is 18.5 Å². The van der Waals surface area contributed by atoms with Crippen LogP contribution in [0.3, 0.4) is 0 Å². The largest absolute Gasteiger partial charge is 0.398 e. The number of nitrogen functional groups attached to an aromatic ring is 1. The van der Waals surface area contributed by atoms with E-state index in [9.17, 15) is 4.79 Å². The van der Waals surface area contributed by atoms with E-state index in [0.29, 0.717) is 11.3 Å². The maximum absolute atomic E-state index is 12.4. The fourth-order valence-electron chi connectivity index (χ4n) is 2.14. The predicted octanol–water partition coefficient (Wildman–Crippen LogP) is 1.38. The highest BCUT2D eigenvalue weighted by atomic mass is 16.1. The Kier molecular flexibility index (Phi) is 2.92. The van der Waals surface area contributed by atoms with Crippen LogP contribution in [0, 0.1) is 0 Å². The summed E-state index contributed by atoms with van der Waals surface area (Å²) in [6.45, 7) is 2.84. The number of hydrogen-bond donors (Lipinski definition) is 2. The number of anilines is 1. The minimum absolute atomic E-state index is 0.0535. The number of Topliss-reactive ketones (excluding diaryl/α,β-unsaturated/α-hetero) is 1. The molecule has 0 aliphatic carbocycles. The van der Waals surface area contributed by atoms with Crippen molar-refractivity contribution in [1.82, 2.24) is 10.3 Å². The van der Waals surface area contributed by atoms with Crippen molar-refractivity contribution in [1.29, 1.82) is 0 Å². The van der Waals surface area contributed by atoms with Crippen LogP contribution in [-0.2, 0) is 0 Å². The van der Waals surface area contributed by atoms with Crippen molar-refractivity contribution in [2.75, 3.05) is 12.3 Å². The third kappa shape index (κ3) is 1.93. The average molecular weight is 219 g/mol. The fraction of sp³-hybridized carbons (Fsp3) is 0.500. The van der Waals surface area contributed by atoms with E-state index in [1.165, 1.54) is 0 Å². The number of rotatable bonds is 2. The number of carbonyl (C=O) groups excluding carboxylic acids is 1. The van der Waals surface area contributed by atoms with Crippen LogP contribution in [0.5, 0.6) is 0 Å². The number of pyridine rings is 1. The van der Waals surface area contributed by atoms with Crippen LogP contribution in [0.25, 0.3) is 0 Å². The molecule has 3 N–H and O–H groups in total. The molecule has 0 spiro atoms. The summed E-state index contributed by atoms with van der Waals surface area (Å²) >= 11 is 0. The van der Waals surface area contributed by atoms with Gasteiger partial charge in [0.15, 0.2) is 5.78 Å². The summed E-state index contributed by atoms with van der Waals surface area (Å²) < 4.78 is 0. The standard InChI is InChI=1S/C12H17N3O/c1-12(5-2-3-6-15-12)11(16)9-8-14-7-4-10(9)13/h4,7-8,15H,2-3,5-6H2,1H3,(H2,13,14). The zero-order valence-corrected chi connectivity index (χ0v) is 9.49. The van der Waals surface area contributed by atoms with Gasteiger partial charge >= 0.3 is 0 Å². The SMILES string of the molecule is CC1(C(=O)c2cnccc2N)CCCCN1. The van der Waals surface area contributed by atoms with Crippen LogP contribution < -0.4 is 11.1 Å². The number of nitrogens with two attached hydrogens (primary N) is 1. The number of hydrogen-bond acceptors (Lipinski definition) is 4. The Morgan fingerprint density at radius 2 is 2.38 bits per heavy atom. The number of nitrogens with one attached hydrogen (secondary N) is 1. The van der Waals surface area contributed by atoms with E-state index < -0.39 is 5.54 Å². The van der Waals surface area contributed by atoms with Gasteiger partial charge in [-0.15, -0.1) is 0 Å². The van der Waals surface area contributed by atoms with Crippen molar-refractivity contribution in [2.45, 2.75) is 31.7 Å². The van der Waals surface area contributed by atoms with Gasteiger partial charge in [0, 0.05) is 18.1 Å². The van der Waals surface area contributed by atoms with Gasteiger partial charge in [-0.1, -0.05) is 0 Å². The third-order valence-corrected chi connectivity index (χ3v) is 3.22. The number of ketones is 1. The molecule has 2 heterocycles. The quantitative estimate of drug-likeness (QED) is 0.737. The highest BCUT2D eigenvalue weighted by Crippen LogP contribution is 2.25. The Labute approximate surface area is 95.3 Å². The van der Waals surface area contributed by atoms with Gasteiger partial charge in [0.25, 0.3) is 0 Å². The lowest BCUT2D eigenvalue weighted by atomic mass is 9.84. The maximum Gasteiger partial charge on any atom is 0.186 e. The number of aromatic nitrogens is 1. The van der Waals surface area contributed by atoms with E-state index in [0.717, 1.165) is 25.8 Å². The second kappa shape index (κ2) is 4.22. The molecule has 0 amide bonds. The van der Waals surface area contributed by atoms with Crippen molar-refractivity contribution >= 4 is 11.5 Å². The van der Waals surface area contributed by atoms with Gasteiger partial charge in [-0.2, -0.15) is 0 Å². The maximum atomic E-state index is 12.4. The molecule has 16 heavy (non-hydrogen) atoms. The molecule has 4 heteroatoms. The zero-order valence-electron chi connectivity index (χ0n) is 9.49. The Morgan fingerprint density at radius 1 is 1.56 bits per heavy atom. The molecular formula is C12H17N3O. The van der Waals surface area contributed by atoms with Gasteiger partial charge in [0.1, 0.15) is 0 Å². The summed E-state index contributed by atoms with van der Waals surface area (Å²) in [4.78, 5) is 16.3. The van der Waals surface area contributed by atoms with Crippen molar-refractivity contribution in [2.24, 2.45) is 0 Å². The Hall–Kier alpha value is -1.42. The fourth-order valence-corrected chi connectivity index (χ4v) is 2.14. The Balaban J connectivity index is 2.28. The minimum atomic E-state index is -0.477. The molecule has 1 aliphatic rings. The van der Waals surface area contributed by atoms with Gasteiger partial charge in [0.2, 0.25) is 0 Å². The summed E-state index contributed by atoms with van der Waals surface area (Å²) in [6.07, 6.45) is 6.23. The predicted molar refractivity (Wildman–Crippen MR) is 63.2 cm³/mol. The van der Waals surface area contributed by atoms with Gasteiger partial charge < -0.3 is 11.1 Å². The molecule has 86 valence electrons. The Bertz CT molecular complexity index is 397. The van der Waals surface area contributed by atoms with Crippen LogP contribution >= 0.6 is 0 Å². The summed E-state index contributed by atoms with van der Waals surface area (Å²) in [5.74, 6) is 0.0535. The summed E-state index contributed by atoms with van der Waals surface area (Å²) in [6, 6.07) is 1.67. The molecule has 1 aromatic rings. The van der Waals surface area contributed by atoms with Gasteiger partial charge in [-0.25, -0.2) is 0 Å². The third-order valence-electron chi connectivity index (χ3n) is 3.22. The van der Waals surface area contributed by atoms with E-state index >= 15 is 0 Å². The molecule has 0 radical (unpaired) electrons. The van der Waals surface area contributed by atoms with E-state index in [1.54, 1.807) is 18.5 Å². The van der Waals surface area contributed by atoms with Crippen LogP contribution in [0.2, 0.25) is 0 Å². The number of carbonyl (C=O) groups is 1. The number of piperidine rings is 1. The molecule has 1 saturated heterocycles. The van der Waals surface area contributed by atoms with E-state index in [2.05, 4.69) is 10.3 Å². The first-order valence-corrected chi connectivity index (χ1v) is 5.63. The lowest BCUT2D eigenvalue weighted by Gasteiger charge is -2.33. The first-order valence-electron chi connectivity index (χ1n) is 5.63. The van der Waals surface area contributed by atoms with Crippen molar-refractivity contribution in [3.8, 4) is 0 Å². The minimum Gasteiger partial charge on any atom is -0.398 e. The summed E-state index contributed by atoms with van der Waals surface area (Å²) in [5, 5.41) is 3.29. The molecule has 4 nitrogen and oxygen atoms in total. The van der Waals surface area contributed by atoms with Crippen LogP contribution in [0.4, 0.5) is 5.69 Å². The monoisotopic (exact) mass is 219 g/mol. The lowest BCUT2D eigenvalue weighted by Crippen LogP contribution is -2.52. The normalized spacial score (nSPS) is 25.3. The van der Waals surface area contributed by atoms with Gasteiger partial charge in [0.05, 0.1) is 11.1 Å². The molecule has 1 fully saturated rings. The molecule has 1 aliphatic heterocycles. The van der Waals surface area contributed by atoms with E-state index in [-0.39, 0.29) is 5.78 Å². The second-order valence-corrected chi connectivity index (χ2v) is 4.51. The first-order chi connectivity index (χ1) is 7.63. The van der Waals surface area contributed by atoms with Gasteiger partial charge in [-0.05, 0) is 38.8 Å². The number of nitrogens with zero attached hydrogens (tertiary/aromatic N) is 1. The molecule has 2 rings (SSSR count). The van der Waals surface area contributed by atoms with Crippen molar-refractivity contribution < 1.29 is 4.79 Å². The first kappa shape index (κ1) is 11.1. The topological polar surface area (TPSA) is 68.0 Å². The molecule has 0 saturated carbocycles. The molecule has 1 aromatic heterocycles. The van der Waals surface area contributed by atoms with Crippen LogP contribution in [0.1, 0.15) is 36.5 Å². The molecule has 0 bridgehead atoms. The summed E-state index contributed by atoms with van der Waals surface area (Å²) in [7, 11) is 0. The van der Waals surface area contributed by atoms with E-state index in [4.69, 9.17) is 5.73 Å². The van der Waals surface area contributed by atoms with Crippen molar-refractivity contribution in [3.63, 3.8) is 0 Å². The molecule has 1 atom stereocenters. The molecule has 0 aromatic carbocycles. The van der Waals surface area contributed by atoms with E-state index in [1.807, 2.05) is 6.92 Å². The molecular weight excluding hydrogens is 202 g/mol. The smallest absolute Gasteiger partial charge is 0.186 e. The van der Waals surface area contributed by atoms with Crippen molar-refractivity contribution in [3.05, 3.63) is 24.0 Å². The second-order valence-electron chi connectivity index (χ2n) is 4.51. The highest BCUT2D eigenvalue weighted by molar-refractivity contribution is 6.06.